The lowest BCUT2D eigenvalue weighted by Crippen LogP contribution is -2.53. The highest BCUT2D eigenvalue weighted by molar-refractivity contribution is 6.31. The lowest BCUT2D eigenvalue weighted by atomic mass is 10.0. The van der Waals surface area contributed by atoms with E-state index in [9.17, 15) is 29.1 Å². The van der Waals surface area contributed by atoms with Gasteiger partial charge in [-0.3, -0.25) is 19.2 Å². The Bertz CT molecular complexity index is 1710. The van der Waals surface area contributed by atoms with Crippen LogP contribution in [0.15, 0.2) is 48.5 Å². The van der Waals surface area contributed by atoms with Gasteiger partial charge in [0.2, 0.25) is 12.0 Å². The molecule has 4 rings (SSSR count). The van der Waals surface area contributed by atoms with Crippen molar-refractivity contribution in [1.29, 1.82) is 0 Å². The van der Waals surface area contributed by atoms with Gasteiger partial charge in [-0.25, -0.2) is 19.0 Å². The van der Waals surface area contributed by atoms with Crippen LogP contribution >= 0.6 is 11.6 Å². The van der Waals surface area contributed by atoms with Crippen molar-refractivity contribution in [2.45, 2.75) is 26.4 Å². The summed E-state index contributed by atoms with van der Waals surface area (Å²) in [7, 11) is 1.18. The predicted molar refractivity (Wildman–Crippen MR) is 175 cm³/mol. The molecular formula is C33H36ClFN4O11. The van der Waals surface area contributed by atoms with Crippen molar-refractivity contribution in [2.24, 2.45) is 5.92 Å². The first-order valence-electron chi connectivity index (χ1n) is 15.3. The number of carboxylic acids is 2. The Labute approximate surface area is 290 Å². The van der Waals surface area contributed by atoms with Gasteiger partial charge < -0.3 is 39.5 Å². The second-order valence-corrected chi connectivity index (χ2v) is 11.1. The van der Waals surface area contributed by atoms with Crippen molar-refractivity contribution >= 4 is 58.3 Å². The van der Waals surface area contributed by atoms with Crippen LogP contribution in [-0.4, -0.2) is 107 Å². The number of halogens is 2. The number of carbonyl (C=O) groups is 6. The fraction of sp³-hybridized carbons (Fsp3) is 0.364. The first-order valence-corrected chi connectivity index (χ1v) is 15.6. The van der Waals surface area contributed by atoms with Crippen LogP contribution in [0.2, 0.25) is 5.02 Å². The molecule has 2 atom stereocenters. The highest BCUT2D eigenvalue weighted by Crippen LogP contribution is 2.34. The van der Waals surface area contributed by atoms with Crippen molar-refractivity contribution in [2.75, 3.05) is 46.4 Å². The zero-order valence-corrected chi connectivity index (χ0v) is 28.1. The third-order valence-electron chi connectivity index (χ3n) is 7.22. The van der Waals surface area contributed by atoms with E-state index in [0.717, 1.165) is 13.0 Å². The summed E-state index contributed by atoms with van der Waals surface area (Å²) in [5.74, 6) is -6.83. The monoisotopic (exact) mass is 718 g/mol. The highest BCUT2D eigenvalue weighted by atomic mass is 35.5. The molecule has 15 nitrogen and oxygen atoms in total. The molecule has 0 bridgehead atoms. The summed E-state index contributed by atoms with van der Waals surface area (Å²) in [6.07, 6.45) is -2.04. The fourth-order valence-electron chi connectivity index (χ4n) is 4.87. The number of rotatable bonds is 11. The van der Waals surface area contributed by atoms with Crippen molar-refractivity contribution in [1.82, 2.24) is 20.1 Å². The Morgan fingerprint density at radius 3 is 2.20 bits per heavy atom. The number of ether oxygens (including phenoxy) is 3. The molecule has 1 aliphatic rings. The quantitative estimate of drug-likeness (QED) is 0.193. The maximum atomic E-state index is 15.0. The summed E-state index contributed by atoms with van der Waals surface area (Å²) >= 11 is 6.08. The summed E-state index contributed by atoms with van der Waals surface area (Å²) in [5, 5.41) is 19.8. The van der Waals surface area contributed by atoms with E-state index in [2.05, 4.69) is 10.3 Å². The van der Waals surface area contributed by atoms with Crippen LogP contribution in [0.1, 0.15) is 42.4 Å². The Morgan fingerprint density at radius 2 is 1.62 bits per heavy atom. The second kappa shape index (κ2) is 18.3. The Balaban J connectivity index is 0.00000160. The third kappa shape index (κ3) is 10.5. The number of pyridine rings is 1. The molecule has 0 aliphatic carbocycles. The average molecular weight is 719 g/mol. The van der Waals surface area contributed by atoms with Gasteiger partial charge in [-0.15, -0.1) is 0 Å². The molecule has 0 spiro atoms. The molecule has 268 valence electrons. The van der Waals surface area contributed by atoms with Gasteiger partial charge in [-0.2, -0.15) is 0 Å². The molecule has 17 heteroatoms. The number of aliphatic carboxylic acids is 2. The number of carboxylic acid groups (broad SMARTS) is 2. The van der Waals surface area contributed by atoms with Crippen molar-refractivity contribution in [3.63, 3.8) is 0 Å². The van der Waals surface area contributed by atoms with Crippen molar-refractivity contribution in [3.05, 3.63) is 70.6 Å². The minimum Gasteiger partial charge on any atom is -0.481 e. The number of aromatic nitrogens is 1. The molecule has 1 aromatic heterocycles. The van der Waals surface area contributed by atoms with E-state index in [1.54, 1.807) is 37.3 Å². The second-order valence-electron chi connectivity index (χ2n) is 10.7. The zero-order valence-electron chi connectivity index (χ0n) is 27.4. The van der Waals surface area contributed by atoms with Gasteiger partial charge in [0.05, 0.1) is 13.7 Å². The number of hydrogen-bond acceptors (Lipinski definition) is 10. The van der Waals surface area contributed by atoms with Crippen LogP contribution in [0, 0.1) is 11.7 Å². The molecule has 2 aromatic carbocycles. The number of amides is 3. The van der Waals surface area contributed by atoms with Crippen molar-refractivity contribution in [3.8, 4) is 5.75 Å². The minimum absolute atomic E-state index is 0.0230. The van der Waals surface area contributed by atoms with E-state index in [0.29, 0.717) is 5.56 Å². The van der Waals surface area contributed by atoms with Crippen LogP contribution in [-0.2, 0) is 28.7 Å². The van der Waals surface area contributed by atoms with Crippen LogP contribution in [0.5, 0.6) is 5.75 Å². The Hall–Kier alpha value is -5.51. The van der Waals surface area contributed by atoms with Gasteiger partial charge >= 0.3 is 18.0 Å². The SMILES string of the molecule is CC(=O)O.CCOC(=O)N1CCN(C(=O)C(CCNC(=O)c2cc(OC(C(=O)OC)c3ccccc3)c3cc(Cl)cc(F)c3n2)C(=O)O)CC1. The first kappa shape index (κ1) is 38.9. The van der Waals surface area contributed by atoms with E-state index in [-0.39, 0.29) is 73.1 Å². The van der Waals surface area contributed by atoms with E-state index < -0.39 is 53.7 Å². The smallest absolute Gasteiger partial charge is 0.409 e. The Morgan fingerprint density at radius 1 is 1.00 bits per heavy atom. The van der Waals surface area contributed by atoms with Crippen molar-refractivity contribution < 1.29 is 57.6 Å². The number of esters is 1. The largest absolute Gasteiger partial charge is 0.481 e. The zero-order chi connectivity index (χ0) is 37.0. The summed E-state index contributed by atoms with van der Waals surface area (Å²) in [5.41, 5.74) is -0.127. The lowest BCUT2D eigenvalue weighted by Gasteiger charge is -2.35. The number of fused-ring (bicyclic) bond motifs is 1. The fourth-order valence-corrected chi connectivity index (χ4v) is 5.07. The van der Waals surface area contributed by atoms with Crippen LogP contribution < -0.4 is 10.1 Å². The maximum Gasteiger partial charge on any atom is 0.409 e. The summed E-state index contributed by atoms with van der Waals surface area (Å²) < 4.78 is 30.9. The molecule has 1 aliphatic heterocycles. The number of methoxy groups -OCH3 is 1. The van der Waals surface area contributed by atoms with Gasteiger partial charge in [-0.1, -0.05) is 41.9 Å². The molecule has 3 amide bonds. The molecule has 1 fully saturated rings. The first-order chi connectivity index (χ1) is 23.8. The van der Waals surface area contributed by atoms with Gasteiger partial charge in [0.1, 0.15) is 22.9 Å². The topological polar surface area (TPSA) is 202 Å². The Kier molecular flexibility index (Phi) is 14.3. The number of nitrogens with zero attached hydrogens (tertiary/aromatic N) is 3. The molecule has 3 N–H and O–H groups in total. The normalized spacial score (nSPS) is 13.6. The molecule has 50 heavy (non-hydrogen) atoms. The molecule has 2 unspecified atom stereocenters. The molecule has 0 radical (unpaired) electrons. The molecular weight excluding hydrogens is 683 g/mol. The van der Waals surface area contributed by atoms with Crippen LogP contribution in [0.3, 0.4) is 0 Å². The molecule has 3 aromatic rings. The highest BCUT2D eigenvalue weighted by Gasteiger charge is 2.33. The van der Waals surface area contributed by atoms with Gasteiger partial charge in [-0.05, 0) is 25.5 Å². The van der Waals surface area contributed by atoms with E-state index >= 15 is 4.39 Å². The molecule has 1 saturated heterocycles. The standard InChI is InChI=1S/C31H32ClFN4O9.C2H4O2/c1-3-45-31(43)37-13-11-36(12-14-37)28(39)20(29(40)41)9-10-34-27(38)23-17-24(21-15-19(32)16-22(33)25(21)35-23)46-26(30(42)44-2)18-7-5-4-6-8-18;1-2(3)4/h4-8,15-17,20,26H,3,9-14H2,1-2H3,(H,34,38)(H,40,41);1H3,(H,3,4). The van der Waals surface area contributed by atoms with Gasteiger partial charge in [0.25, 0.3) is 11.9 Å². The third-order valence-corrected chi connectivity index (χ3v) is 7.44. The maximum absolute atomic E-state index is 15.0. The number of piperazine rings is 1. The number of nitrogens with one attached hydrogen (secondary N) is 1. The predicted octanol–water partition coefficient (Wildman–Crippen LogP) is 3.53. The van der Waals surface area contributed by atoms with Crippen LogP contribution in [0.25, 0.3) is 10.9 Å². The average Bonchev–Trinajstić information content (AvgIpc) is 3.08. The van der Waals surface area contributed by atoms with Gasteiger partial charge in [0.15, 0.2) is 5.82 Å². The van der Waals surface area contributed by atoms with E-state index in [1.807, 2.05) is 0 Å². The summed E-state index contributed by atoms with van der Waals surface area (Å²) in [4.78, 5) is 78.7. The van der Waals surface area contributed by atoms with Gasteiger partial charge in [0, 0.05) is 61.7 Å². The number of hydrogen-bond donors (Lipinski definition) is 3. The summed E-state index contributed by atoms with van der Waals surface area (Å²) in [6, 6.07) is 12.0. The summed E-state index contributed by atoms with van der Waals surface area (Å²) in [6.45, 7) is 3.36. The number of carbonyl (C=O) groups excluding carboxylic acids is 4. The van der Waals surface area contributed by atoms with E-state index in [4.69, 9.17) is 35.7 Å². The molecule has 0 saturated carbocycles. The molecule has 2 heterocycles. The lowest BCUT2D eigenvalue weighted by molar-refractivity contribution is -0.152. The van der Waals surface area contributed by atoms with E-state index in [1.165, 1.54) is 29.0 Å². The minimum atomic E-state index is -1.47. The van der Waals surface area contributed by atoms with Crippen LogP contribution in [0.4, 0.5) is 9.18 Å². The number of benzene rings is 2.